The second-order valence-electron chi connectivity index (χ2n) is 5.35. The molecule has 15 heavy (non-hydrogen) atoms. The predicted octanol–water partition coefficient (Wildman–Crippen LogP) is 4.25. The van der Waals surface area contributed by atoms with E-state index in [0.717, 1.165) is 5.92 Å². The second-order valence-corrected chi connectivity index (χ2v) is 5.35. The Morgan fingerprint density at radius 3 is 2.47 bits per heavy atom. The number of hydrogen-bond donors (Lipinski definition) is 1. The van der Waals surface area contributed by atoms with Crippen LogP contribution in [0.25, 0.3) is 0 Å². The van der Waals surface area contributed by atoms with Gasteiger partial charge >= 0.3 is 0 Å². The van der Waals surface area contributed by atoms with E-state index in [0.29, 0.717) is 6.04 Å². The van der Waals surface area contributed by atoms with Crippen LogP contribution in [0.15, 0.2) is 0 Å². The highest BCUT2D eigenvalue weighted by Crippen LogP contribution is 2.27. The summed E-state index contributed by atoms with van der Waals surface area (Å²) in [6, 6.07) is 0.491. The van der Waals surface area contributed by atoms with Gasteiger partial charge < -0.3 is 5.73 Å². The fourth-order valence-corrected chi connectivity index (χ4v) is 2.80. The molecule has 1 unspecified atom stereocenters. The van der Waals surface area contributed by atoms with Crippen molar-refractivity contribution >= 4 is 0 Å². The van der Waals surface area contributed by atoms with E-state index >= 15 is 0 Å². The summed E-state index contributed by atoms with van der Waals surface area (Å²) in [4.78, 5) is 0. The first-order chi connectivity index (χ1) is 7.33. The summed E-state index contributed by atoms with van der Waals surface area (Å²) in [6.45, 7) is 2.27. The van der Waals surface area contributed by atoms with E-state index in [2.05, 4.69) is 6.92 Å². The lowest BCUT2D eigenvalue weighted by Gasteiger charge is -2.24. The summed E-state index contributed by atoms with van der Waals surface area (Å²) >= 11 is 0. The Bertz CT molecular complexity index is 138. The van der Waals surface area contributed by atoms with E-state index in [1.54, 1.807) is 0 Å². The van der Waals surface area contributed by atoms with Crippen LogP contribution in [0.5, 0.6) is 0 Å². The van der Waals surface area contributed by atoms with Gasteiger partial charge in [0.2, 0.25) is 0 Å². The number of hydrogen-bond acceptors (Lipinski definition) is 1. The topological polar surface area (TPSA) is 26.0 Å². The van der Waals surface area contributed by atoms with E-state index in [1.165, 1.54) is 70.6 Å². The van der Waals surface area contributed by atoms with Gasteiger partial charge in [0.15, 0.2) is 0 Å². The normalized spacial score (nSPS) is 20.4. The van der Waals surface area contributed by atoms with Crippen LogP contribution in [-0.4, -0.2) is 6.04 Å². The highest BCUT2D eigenvalue weighted by Gasteiger charge is 2.16. The van der Waals surface area contributed by atoms with Gasteiger partial charge in [0.25, 0.3) is 0 Å². The highest BCUT2D eigenvalue weighted by molar-refractivity contribution is 4.72. The molecule has 1 rings (SSSR count). The third-order valence-corrected chi connectivity index (χ3v) is 3.79. The summed E-state index contributed by atoms with van der Waals surface area (Å²) < 4.78 is 0. The van der Waals surface area contributed by atoms with Gasteiger partial charge in [-0.1, -0.05) is 64.7 Å². The molecule has 2 N–H and O–H groups in total. The molecule has 1 fully saturated rings. The molecule has 0 aromatic carbocycles. The predicted molar refractivity (Wildman–Crippen MR) is 67.9 cm³/mol. The van der Waals surface area contributed by atoms with Crippen LogP contribution in [-0.2, 0) is 0 Å². The van der Waals surface area contributed by atoms with Gasteiger partial charge in [0.05, 0.1) is 0 Å². The molecule has 0 bridgehead atoms. The molecular formula is C14H29N. The van der Waals surface area contributed by atoms with Crippen LogP contribution >= 0.6 is 0 Å². The summed E-state index contributed by atoms with van der Waals surface area (Å²) in [5.74, 6) is 0.958. The fraction of sp³-hybridized carbons (Fsp3) is 1.00. The zero-order valence-corrected chi connectivity index (χ0v) is 10.5. The molecule has 0 heterocycles. The molecule has 1 aliphatic carbocycles. The van der Waals surface area contributed by atoms with E-state index in [4.69, 9.17) is 5.73 Å². The summed E-state index contributed by atoms with van der Waals surface area (Å²) in [6.07, 6.45) is 15.3. The standard InChI is InChI=1S/C14H29N/c1-2-3-4-8-11-14(15)12-13-9-6-5-7-10-13/h13-14H,2-12,15H2,1H3. The number of unbranched alkanes of at least 4 members (excludes halogenated alkanes) is 3. The Hall–Kier alpha value is -0.0400. The van der Waals surface area contributed by atoms with Crippen molar-refractivity contribution in [1.82, 2.24) is 0 Å². The number of rotatable bonds is 7. The average Bonchev–Trinajstić information content (AvgIpc) is 2.26. The van der Waals surface area contributed by atoms with Crippen molar-refractivity contribution in [1.29, 1.82) is 0 Å². The molecule has 1 atom stereocenters. The van der Waals surface area contributed by atoms with E-state index in [1.807, 2.05) is 0 Å². The minimum Gasteiger partial charge on any atom is -0.328 e. The molecule has 0 aromatic heterocycles. The third-order valence-electron chi connectivity index (χ3n) is 3.79. The lowest BCUT2D eigenvalue weighted by molar-refractivity contribution is 0.310. The smallest absolute Gasteiger partial charge is 0.00414 e. The van der Waals surface area contributed by atoms with Crippen LogP contribution in [0.1, 0.15) is 77.6 Å². The Labute approximate surface area is 95.8 Å². The molecule has 0 aliphatic heterocycles. The summed E-state index contributed by atoms with van der Waals surface area (Å²) in [5, 5.41) is 0. The molecule has 1 aliphatic rings. The summed E-state index contributed by atoms with van der Waals surface area (Å²) in [5.41, 5.74) is 6.19. The van der Waals surface area contributed by atoms with Gasteiger partial charge in [-0.05, 0) is 18.8 Å². The van der Waals surface area contributed by atoms with Crippen LogP contribution < -0.4 is 5.73 Å². The Balaban J connectivity index is 1.98. The fourth-order valence-electron chi connectivity index (χ4n) is 2.80. The lowest BCUT2D eigenvalue weighted by atomic mass is 9.84. The van der Waals surface area contributed by atoms with Gasteiger partial charge in [-0.3, -0.25) is 0 Å². The Kier molecular flexibility index (Phi) is 7.08. The van der Waals surface area contributed by atoms with Crippen LogP contribution in [0, 0.1) is 5.92 Å². The third kappa shape index (κ3) is 6.19. The van der Waals surface area contributed by atoms with Gasteiger partial charge in [-0.2, -0.15) is 0 Å². The van der Waals surface area contributed by atoms with E-state index in [9.17, 15) is 0 Å². The Morgan fingerprint density at radius 1 is 1.07 bits per heavy atom. The molecule has 0 radical (unpaired) electrons. The Morgan fingerprint density at radius 2 is 1.80 bits per heavy atom. The maximum absolute atomic E-state index is 6.19. The van der Waals surface area contributed by atoms with Crippen molar-refractivity contribution in [2.24, 2.45) is 11.7 Å². The van der Waals surface area contributed by atoms with Crippen molar-refractivity contribution in [3.8, 4) is 0 Å². The van der Waals surface area contributed by atoms with Crippen LogP contribution in [0.4, 0.5) is 0 Å². The molecule has 0 saturated heterocycles. The molecule has 0 spiro atoms. The van der Waals surface area contributed by atoms with E-state index < -0.39 is 0 Å². The lowest BCUT2D eigenvalue weighted by Crippen LogP contribution is -2.24. The first kappa shape index (κ1) is 13.0. The monoisotopic (exact) mass is 211 g/mol. The van der Waals surface area contributed by atoms with Crippen LogP contribution in [0.3, 0.4) is 0 Å². The van der Waals surface area contributed by atoms with Crippen molar-refractivity contribution < 1.29 is 0 Å². The van der Waals surface area contributed by atoms with Gasteiger partial charge in [0.1, 0.15) is 0 Å². The first-order valence-corrected chi connectivity index (χ1v) is 7.08. The first-order valence-electron chi connectivity index (χ1n) is 7.08. The second kappa shape index (κ2) is 8.15. The van der Waals surface area contributed by atoms with Crippen molar-refractivity contribution in [3.05, 3.63) is 0 Å². The maximum atomic E-state index is 6.19. The van der Waals surface area contributed by atoms with E-state index in [-0.39, 0.29) is 0 Å². The molecule has 1 heteroatoms. The molecular weight excluding hydrogens is 182 g/mol. The minimum atomic E-state index is 0.491. The zero-order chi connectivity index (χ0) is 10.9. The average molecular weight is 211 g/mol. The van der Waals surface area contributed by atoms with Crippen molar-refractivity contribution in [2.75, 3.05) is 0 Å². The quantitative estimate of drug-likeness (QED) is 0.626. The minimum absolute atomic E-state index is 0.491. The van der Waals surface area contributed by atoms with Gasteiger partial charge in [-0.15, -0.1) is 0 Å². The molecule has 90 valence electrons. The maximum Gasteiger partial charge on any atom is 0.00414 e. The van der Waals surface area contributed by atoms with Crippen molar-refractivity contribution in [3.63, 3.8) is 0 Å². The van der Waals surface area contributed by atoms with Gasteiger partial charge in [-0.25, -0.2) is 0 Å². The summed E-state index contributed by atoms with van der Waals surface area (Å²) in [7, 11) is 0. The van der Waals surface area contributed by atoms with Gasteiger partial charge in [0, 0.05) is 6.04 Å². The van der Waals surface area contributed by atoms with Crippen LogP contribution in [0.2, 0.25) is 0 Å². The molecule has 1 saturated carbocycles. The number of nitrogens with two attached hydrogens (primary N) is 1. The highest BCUT2D eigenvalue weighted by atomic mass is 14.6. The zero-order valence-electron chi connectivity index (χ0n) is 10.5. The SMILES string of the molecule is CCCCCCC(N)CC1CCCCC1. The molecule has 0 amide bonds. The molecule has 1 nitrogen and oxygen atoms in total. The largest absolute Gasteiger partial charge is 0.328 e. The van der Waals surface area contributed by atoms with Crippen molar-refractivity contribution in [2.45, 2.75) is 83.6 Å². The molecule has 0 aromatic rings.